The van der Waals surface area contributed by atoms with E-state index < -0.39 is 11.6 Å². The number of benzene rings is 2. The SMILES string of the molecule is COc1ccc(C(=O)COc2ccc(F)cc2F)cc1. The zero-order valence-electron chi connectivity index (χ0n) is 10.7. The number of carbonyl (C=O) groups excluding carboxylic acids is 1. The fourth-order valence-electron chi connectivity index (χ4n) is 1.60. The van der Waals surface area contributed by atoms with Crippen molar-refractivity contribution in [2.45, 2.75) is 0 Å². The molecular weight excluding hydrogens is 266 g/mol. The Morgan fingerprint density at radius 1 is 1.10 bits per heavy atom. The lowest BCUT2D eigenvalue weighted by Gasteiger charge is -2.07. The summed E-state index contributed by atoms with van der Waals surface area (Å²) in [6.45, 7) is -0.325. The molecule has 5 heteroatoms. The van der Waals surface area contributed by atoms with Gasteiger partial charge in [0.15, 0.2) is 24.0 Å². The molecule has 0 aliphatic rings. The molecule has 2 aromatic carbocycles. The van der Waals surface area contributed by atoms with Gasteiger partial charge >= 0.3 is 0 Å². The number of carbonyl (C=O) groups is 1. The van der Waals surface area contributed by atoms with E-state index in [1.54, 1.807) is 24.3 Å². The summed E-state index contributed by atoms with van der Waals surface area (Å²) in [6, 6.07) is 9.38. The fourth-order valence-corrected chi connectivity index (χ4v) is 1.60. The number of hydrogen-bond acceptors (Lipinski definition) is 3. The number of ether oxygens (including phenoxy) is 2. The second-order valence-electron chi connectivity index (χ2n) is 4.02. The van der Waals surface area contributed by atoms with E-state index in [0.29, 0.717) is 17.4 Å². The molecule has 0 saturated heterocycles. The second kappa shape index (κ2) is 6.14. The van der Waals surface area contributed by atoms with Crippen molar-refractivity contribution in [2.24, 2.45) is 0 Å². The van der Waals surface area contributed by atoms with Gasteiger partial charge in [0.25, 0.3) is 0 Å². The minimum absolute atomic E-state index is 0.159. The molecule has 0 unspecified atom stereocenters. The van der Waals surface area contributed by atoms with Crippen LogP contribution in [0.4, 0.5) is 8.78 Å². The van der Waals surface area contributed by atoms with Gasteiger partial charge in [-0.2, -0.15) is 0 Å². The van der Waals surface area contributed by atoms with Crippen LogP contribution < -0.4 is 9.47 Å². The molecule has 3 nitrogen and oxygen atoms in total. The lowest BCUT2D eigenvalue weighted by Crippen LogP contribution is -2.12. The number of ketones is 1. The van der Waals surface area contributed by atoms with E-state index in [1.165, 1.54) is 7.11 Å². The summed E-state index contributed by atoms with van der Waals surface area (Å²) in [5, 5.41) is 0. The van der Waals surface area contributed by atoms with E-state index >= 15 is 0 Å². The molecule has 0 bridgehead atoms. The standard InChI is InChI=1S/C15H12F2O3/c1-19-12-5-2-10(3-6-12)14(18)9-20-15-7-4-11(16)8-13(15)17/h2-8H,9H2,1H3. The summed E-state index contributed by atoms with van der Waals surface area (Å²) in [4.78, 5) is 11.8. The van der Waals surface area contributed by atoms with Gasteiger partial charge in [-0.3, -0.25) is 4.79 Å². The van der Waals surface area contributed by atoms with Crippen LogP contribution in [0.1, 0.15) is 10.4 Å². The van der Waals surface area contributed by atoms with Crippen molar-refractivity contribution in [3.63, 3.8) is 0 Å². The third-order valence-corrected chi connectivity index (χ3v) is 2.66. The highest BCUT2D eigenvalue weighted by Gasteiger charge is 2.10. The first-order chi connectivity index (χ1) is 9.60. The number of rotatable bonds is 5. The first kappa shape index (κ1) is 14.0. The van der Waals surface area contributed by atoms with Crippen molar-refractivity contribution < 1.29 is 23.0 Å². The first-order valence-corrected chi connectivity index (χ1v) is 5.85. The Bertz CT molecular complexity index is 609. The average Bonchev–Trinajstić information content (AvgIpc) is 2.46. The Kier molecular flexibility index (Phi) is 4.30. The predicted octanol–water partition coefficient (Wildman–Crippen LogP) is 3.24. The zero-order chi connectivity index (χ0) is 14.5. The van der Waals surface area contributed by atoms with Gasteiger partial charge in [-0.15, -0.1) is 0 Å². The summed E-state index contributed by atoms with van der Waals surface area (Å²) in [5.41, 5.74) is 0.424. The topological polar surface area (TPSA) is 35.5 Å². The van der Waals surface area contributed by atoms with Crippen molar-refractivity contribution >= 4 is 5.78 Å². The lowest BCUT2D eigenvalue weighted by molar-refractivity contribution is 0.0918. The van der Waals surface area contributed by atoms with Crippen LogP contribution in [0.5, 0.6) is 11.5 Å². The molecule has 0 spiro atoms. The highest BCUT2D eigenvalue weighted by Crippen LogP contribution is 2.18. The minimum atomic E-state index is -0.840. The van der Waals surface area contributed by atoms with Crippen LogP contribution in [-0.2, 0) is 0 Å². The number of methoxy groups -OCH3 is 1. The van der Waals surface area contributed by atoms with Crippen LogP contribution in [-0.4, -0.2) is 19.5 Å². The maximum atomic E-state index is 13.3. The summed E-state index contributed by atoms with van der Waals surface area (Å²) >= 11 is 0. The normalized spacial score (nSPS) is 10.2. The third kappa shape index (κ3) is 3.32. The molecule has 2 aromatic rings. The molecule has 2 rings (SSSR count). The van der Waals surface area contributed by atoms with Crippen LogP contribution in [0.3, 0.4) is 0 Å². The number of halogens is 2. The minimum Gasteiger partial charge on any atom is -0.497 e. The smallest absolute Gasteiger partial charge is 0.200 e. The van der Waals surface area contributed by atoms with Gasteiger partial charge < -0.3 is 9.47 Å². The second-order valence-corrected chi connectivity index (χ2v) is 4.02. The van der Waals surface area contributed by atoms with E-state index in [9.17, 15) is 13.6 Å². The molecule has 0 atom stereocenters. The van der Waals surface area contributed by atoms with Gasteiger partial charge in [0, 0.05) is 11.6 Å². The molecule has 0 heterocycles. The zero-order valence-corrected chi connectivity index (χ0v) is 10.7. The van der Waals surface area contributed by atoms with Crippen LogP contribution in [0.2, 0.25) is 0 Å². The Labute approximate surface area is 114 Å². The summed E-state index contributed by atoms with van der Waals surface area (Å²) in [6.07, 6.45) is 0. The predicted molar refractivity (Wildman–Crippen MR) is 69.2 cm³/mol. The highest BCUT2D eigenvalue weighted by atomic mass is 19.1. The molecular formula is C15H12F2O3. The van der Waals surface area contributed by atoms with Gasteiger partial charge in [0.2, 0.25) is 0 Å². The molecule has 0 aliphatic carbocycles. The van der Waals surface area contributed by atoms with E-state index in [2.05, 4.69) is 0 Å². The van der Waals surface area contributed by atoms with Gasteiger partial charge in [-0.05, 0) is 36.4 Å². The Morgan fingerprint density at radius 3 is 2.40 bits per heavy atom. The molecule has 104 valence electrons. The van der Waals surface area contributed by atoms with Crippen LogP contribution in [0.15, 0.2) is 42.5 Å². The molecule has 0 saturated carbocycles. The van der Waals surface area contributed by atoms with Crippen LogP contribution in [0, 0.1) is 11.6 Å². The summed E-state index contributed by atoms with van der Waals surface area (Å²) < 4.78 is 36.0. The van der Waals surface area contributed by atoms with E-state index in [-0.39, 0.29) is 18.1 Å². The van der Waals surface area contributed by atoms with Gasteiger partial charge in [-0.25, -0.2) is 8.78 Å². The third-order valence-electron chi connectivity index (χ3n) is 2.66. The number of hydrogen-bond donors (Lipinski definition) is 0. The summed E-state index contributed by atoms with van der Waals surface area (Å²) in [5.74, 6) is -1.37. The van der Waals surface area contributed by atoms with Crippen molar-refractivity contribution in [1.29, 1.82) is 0 Å². The highest BCUT2D eigenvalue weighted by molar-refractivity contribution is 5.97. The average molecular weight is 278 g/mol. The Hall–Kier alpha value is -2.43. The molecule has 0 amide bonds. The van der Waals surface area contributed by atoms with Crippen molar-refractivity contribution in [3.8, 4) is 11.5 Å². The van der Waals surface area contributed by atoms with Crippen molar-refractivity contribution in [3.05, 3.63) is 59.7 Å². The van der Waals surface area contributed by atoms with E-state index in [0.717, 1.165) is 12.1 Å². The Morgan fingerprint density at radius 2 is 1.80 bits per heavy atom. The van der Waals surface area contributed by atoms with Crippen molar-refractivity contribution in [2.75, 3.05) is 13.7 Å². The summed E-state index contributed by atoms with van der Waals surface area (Å²) in [7, 11) is 1.53. The van der Waals surface area contributed by atoms with Crippen LogP contribution >= 0.6 is 0 Å². The molecule has 0 radical (unpaired) electrons. The molecule has 0 N–H and O–H groups in total. The maximum absolute atomic E-state index is 13.3. The quantitative estimate of drug-likeness (QED) is 0.788. The van der Waals surface area contributed by atoms with Gasteiger partial charge in [-0.1, -0.05) is 0 Å². The van der Waals surface area contributed by atoms with E-state index in [4.69, 9.17) is 9.47 Å². The molecule has 0 aromatic heterocycles. The van der Waals surface area contributed by atoms with Crippen LogP contribution in [0.25, 0.3) is 0 Å². The first-order valence-electron chi connectivity index (χ1n) is 5.85. The van der Waals surface area contributed by atoms with Crippen molar-refractivity contribution in [1.82, 2.24) is 0 Å². The van der Waals surface area contributed by atoms with Gasteiger partial charge in [0.1, 0.15) is 11.6 Å². The maximum Gasteiger partial charge on any atom is 0.200 e. The molecule has 0 fully saturated rings. The molecule has 0 aliphatic heterocycles. The number of Topliss-reactive ketones (excluding diaryl/α,β-unsaturated/α-hetero) is 1. The van der Waals surface area contributed by atoms with Gasteiger partial charge in [0.05, 0.1) is 7.11 Å². The lowest BCUT2D eigenvalue weighted by atomic mass is 10.1. The largest absolute Gasteiger partial charge is 0.497 e. The monoisotopic (exact) mass is 278 g/mol. The van der Waals surface area contributed by atoms with E-state index in [1.807, 2.05) is 0 Å². The fraction of sp³-hybridized carbons (Fsp3) is 0.133. The Balaban J connectivity index is 2.00. The molecule has 20 heavy (non-hydrogen) atoms.